The lowest BCUT2D eigenvalue weighted by Gasteiger charge is -2.04. The Hall–Kier alpha value is -1.88. The molecule has 0 aliphatic carbocycles. The van der Waals surface area contributed by atoms with Crippen LogP contribution in [0.4, 0.5) is 0 Å². The Morgan fingerprint density at radius 3 is 3.06 bits per heavy atom. The lowest BCUT2D eigenvalue weighted by molar-refractivity contribution is 0.317. The average Bonchev–Trinajstić information content (AvgIpc) is 2.86. The molecule has 0 fully saturated rings. The van der Waals surface area contributed by atoms with E-state index in [1.807, 2.05) is 31.3 Å². The fourth-order valence-corrected chi connectivity index (χ4v) is 1.54. The van der Waals surface area contributed by atoms with Gasteiger partial charge in [0.05, 0.1) is 13.2 Å². The van der Waals surface area contributed by atoms with E-state index >= 15 is 0 Å². The molecule has 0 bridgehead atoms. The van der Waals surface area contributed by atoms with Gasteiger partial charge < -0.3 is 14.6 Å². The SMILES string of the molecule is CCCOc1cccc(-c2nc(CNC)no2)c1. The Balaban J connectivity index is 2.15. The standard InChI is InChI=1S/C13H17N3O2/c1-3-7-17-11-6-4-5-10(8-11)13-15-12(9-14-2)16-18-13/h4-6,8,14H,3,7,9H2,1-2H3. The van der Waals surface area contributed by atoms with Gasteiger partial charge in [0.25, 0.3) is 5.89 Å². The van der Waals surface area contributed by atoms with Crippen LogP contribution in [0, 0.1) is 0 Å². The van der Waals surface area contributed by atoms with Crippen molar-refractivity contribution in [3.8, 4) is 17.2 Å². The summed E-state index contributed by atoms with van der Waals surface area (Å²) in [7, 11) is 1.84. The second-order valence-corrected chi connectivity index (χ2v) is 3.92. The highest BCUT2D eigenvalue weighted by Gasteiger charge is 2.08. The van der Waals surface area contributed by atoms with Crippen LogP contribution in [-0.4, -0.2) is 23.8 Å². The number of aromatic nitrogens is 2. The van der Waals surface area contributed by atoms with Gasteiger partial charge in [-0.25, -0.2) is 0 Å². The molecule has 0 radical (unpaired) electrons. The van der Waals surface area contributed by atoms with Crippen molar-refractivity contribution in [1.29, 1.82) is 0 Å². The van der Waals surface area contributed by atoms with E-state index in [9.17, 15) is 0 Å². The molecule has 1 aromatic carbocycles. The highest BCUT2D eigenvalue weighted by atomic mass is 16.5. The van der Waals surface area contributed by atoms with Gasteiger partial charge in [-0.05, 0) is 31.7 Å². The maximum absolute atomic E-state index is 5.57. The third-order valence-electron chi connectivity index (χ3n) is 2.36. The van der Waals surface area contributed by atoms with Crippen LogP contribution in [0.2, 0.25) is 0 Å². The summed E-state index contributed by atoms with van der Waals surface area (Å²) >= 11 is 0. The van der Waals surface area contributed by atoms with Crippen LogP contribution in [0.15, 0.2) is 28.8 Å². The molecule has 0 atom stereocenters. The monoisotopic (exact) mass is 247 g/mol. The van der Waals surface area contributed by atoms with Gasteiger partial charge in [0, 0.05) is 5.56 Å². The molecular weight excluding hydrogens is 230 g/mol. The third kappa shape index (κ3) is 3.07. The maximum Gasteiger partial charge on any atom is 0.258 e. The van der Waals surface area contributed by atoms with Crippen LogP contribution in [-0.2, 0) is 6.54 Å². The minimum absolute atomic E-state index is 0.516. The summed E-state index contributed by atoms with van der Waals surface area (Å²) < 4.78 is 10.8. The summed E-state index contributed by atoms with van der Waals surface area (Å²) in [5, 5.41) is 6.86. The predicted octanol–water partition coefficient (Wildman–Crippen LogP) is 2.24. The Labute approximate surface area is 106 Å². The highest BCUT2D eigenvalue weighted by Crippen LogP contribution is 2.22. The van der Waals surface area contributed by atoms with Gasteiger partial charge in [-0.1, -0.05) is 18.1 Å². The van der Waals surface area contributed by atoms with Gasteiger partial charge in [-0.2, -0.15) is 4.98 Å². The number of hydrogen-bond acceptors (Lipinski definition) is 5. The zero-order chi connectivity index (χ0) is 12.8. The van der Waals surface area contributed by atoms with Crippen LogP contribution in [0.25, 0.3) is 11.5 Å². The van der Waals surface area contributed by atoms with Crippen LogP contribution in [0.1, 0.15) is 19.2 Å². The molecule has 5 nitrogen and oxygen atoms in total. The van der Waals surface area contributed by atoms with E-state index in [1.54, 1.807) is 0 Å². The van der Waals surface area contributed by atoms with Crippen molar-refractivity contribution < 1.29 is 9.26 Å². The van der Waals surface area contributed by atoms with E-state index in [-0.39, 0.29) is 0 Å². The summed E-state index contributed by atoms with van der Waals surface area (Å²) in [6, 6.07) is 7.67. The van der Waals surface area contributed by atoms with Gasteiger partial charge >= 0.3 is 0 Å². The van der Waals surface area contributed by atoms with Crippen LogP contribution in [0.5, 0.6) is 5.75 Å². The highest BCUT2D eigenvalue weighted by molar-refractivity contribution is 5.55. The minimum Gasteiger partial charge on any atom is -0.494 e. The van der Waals surface area contributed by atoms with Gasteiger partial charge in [0.1, 0.15) is 5.75 Å². The number of hydrogen-bond donors (Lipinski definition) is 1. The molecular formula is C13H17N3O2. The predicted molar refractivity (Wildman–Crippen MR) is 68.3 cm³/mol. The van der Waals surface area contributed by atoms with Crippen LogP contribution in [0.3, 0.4) is 0 Å². The van der Waals surface area contributed by atoms with Crippen molar-refractivity contribution in [2.75, 3.05) is 13.7 Å². The summed E-state index contributed by atoms with van der Waals surface area (Å²) in [4.78, 5) is 4.30. The van der Waals surface area contributed by atoms with Crippen molar-refractivity contribution in [3.63, 3.8) is 0 Å². The summed E-state index contributed by atoms with van der Waals surface area (Å²) in [6.45, 7) is 3.37. The van der Waals surface area contributed by atoms with E-state index < -0.39 is 0 Å². The first kappa shape index (κ1) is 12.6. The third-order valence-corrected chi connectivity index (χ3v) is 2.36. The maximum atomic E-state index is 5.57. The first-order valence-corrected chi connectivity index (χ1v) is 6.04. The number of ether oxygens (including phenoxy) is 1. The molecule has 2 aromatic rings. The van der Waals surface area contributed by atoms with Crippen molar-refractivity contribution in [2.24, 2.45) is 0 Å². The van der Waals surface area contributed by atoms with Crippen LogP contribution >= 0.6 is 0 Å². The molecule has 0 saturated carbocycles. The first-order chi connectivity index (χ1) is 8.83. The van der Waals surface area contributed by atoms with E-state index in [0.717, 1.165) is 17.7 Å². The largest absolute Gasteiger partial charge is 0.494 e. The summed E-state index contributed by atoms with van der Waals surface area (Å²) in [5.41, 5.74) is 0.874. The van der Waals surface area contributed by atoms with Crippen molar-refractivity contribution in [1.82, 2.24) is 15.5 Å². The number of nitrogens with zero attached hydrogens (tertiary/aromatic N) is 2. The first-order valence-electron chi connectivity index (χ1n) is 6.04. The lowest BCUT2D eigenvalue weighted by atomic mass is 10.2. The molecule has 0 saturated heterocycles. The smallest absolute Gasteiger partial charge is 0.258 e. The Kier molecular flexibility index (Phi) is 4.30. The summed E-state index contributed by atoms with van der Waals surface area (Å²) in [5.74, 6) is 1.98. The molecule has 1 heterocycles. The molecule has 2 rings (SSSR count). The Bertz CT molecular complexity index is 496. The van der Waals surface area contributed by atoms with Crippen LogP contribution < -0.4 is 10.1 Å². The van der Waals surface area contributed by atoms with Gasteiger partial charge in [-0.15, -0.1) is 0 Å². The fraction of sp³-hybridized carbons (Fsp3) is 0.385. The topological polar surface area (TPSA) is 60.2 Å². The molecule has 0 unspecified atom stereocenters. The van der Waals surface area contributed by atoms with E-state index in [2.05, 4.69) is 22.4 Å². The molecule has 0 spiro atoms. The average molecular weight is 247 g/mol. The minimum atomic E-state index is 0.516. The molecule has 0 aliphatic heterocycles. The van der Waals surface area contributed by atoms with Gasteiger partial charge in [0.2, 0.25) is 0 Å². The Morgan fingerprint density at radius 2 is 2.28 bits per heavy atom. The summed E-state index contributed by atoms with van der Waals surface area (Å²) in [6.07, 6.45) is 0.983. The van der Waals surface area contributed by atoms with E-state index in [1.165, 1.54) is 0 Å². The zero-order valence-electron chi connectivity index (χ0n) is 10.6. The quantitative estimate of drug-likeness (QED) is 0.848. The van der Waals surface area contributed by atoms with Crippen molar-refractivity contribution in [3.05, 3.63) is 30.1 Å². The lowest BCUT2D eigenvalue weighted by Crippen LogP contribution is -2.06. The molecule has 0 aliphatic rings. The van der Waals surface area contributed by atoms with Crippen molar-refractivity contribution >= 4 is 0 Å². The number of rotatable bonds is 6. The molecule has 18 heavy (non-hydrogen) atoms. The number of benzene rings is 1. The molecule has 5 heteroatoms. The van der Waals surface area contributed by atoms with Gasteiger partial charge in [0.15, 0.2) is 5.82 Å². The molecule has 1 N–H and O–H groups in total. The molecule has 1 aromatic heterocycles. The van der Waals surface area contributed by atoms with Crippen molar-refractivity contribution in [2.45, 2.75) is 19.9 Å². The second kappa shape index (κ2) is 6.16. The second-order valence-electron chi connectivity index (χ2n) is 3.92. The molecule has 0 amide bonds. The zero-order valence-corrected chi connectivity index (χ0v) is 10.6. The molecule has 96 valence electrons. The van der Waals surface area contributed by atoms with E-state index in [4.69, 9.17) is 9.26 Å². The van der Waals surface area contributed by atoms with E-state index in [0.29, 0.717) is 24.9 Å². The Morgan fingerprint density at radius 1 is 1.39 bits per heavy atom. The normalized spacial score (nSPS) is 10.6. The number of nitrogens with one attached hydrogen (secondary N) is 1. The van der Waals surface area contributed by atoms with Gasteiger partial charge in [-0.3, -0.25) is 0 Å². The fourth-order valence-electron chi connectivity index (χ4n) is 1.54.